The van der Waals surface area contributed by atoms with Gasteiger partial charge in [0.25, 0.3) is 0 Å². The van der Waals surface area contributed by atoms with Crippen molar-refractivity contribution in [3.63, 3.8) is 0 Å². The minimum absolute atomic E-state index is 0.230. The summed E-state index contributed by atoms with van der Waals surface area (Å²) in [5.41, 5.74) is 7.16. The number of aryl methyl sites for hydroxylation is 1. The highest BCUT2D eigenvalue weighted by molar-refractivity contribution is 5.96. The summed E-state index contributed by atoms with van der Waals surface area (Å²) in [5.74, 6) is -1.22. The van der Waals surface area contributed by atoms with E-state index in [1.165, 1.54) is 6.07 Å². The first-order valence-electron chi connectivity index (χ1n) is 6.36. The van der Waals surface area contributed by atoms with E-state index in [2.05, 4.69) is 5.32 Å². The lowest BCUT2D eigenvalue weighted by Crippen LogP contribution is -2.35. The number of carbonyl (C=O) groups excluding carboxylic acids is 1. The molecule has 5 nitrogen and oxygen atoms in total. The second-order valence-corrected chi connectivity index (χ2v) is 4.57. The number of carboxylic acids is 1. The van der Waals surface area contributed by atoms with E-state index in [1.54, 1.807) is 19.1 Å². The summed E-state index contributed by atoms with van der Waals surface area (Å²) in [4.78, 5) is 22.7. The molecule has 0 spiro atoms. The number of aromatic carboxylic acids is 1. The highest BCUT2D eigenvalue weighted by atomic mass is 16.4. The molecule has 4 N–H and O–H groups in total. The summed E-state index contributed by atoms with van der Waals surface area (Å²) in [6.07, 6.45) is 2.55. The number of carbonyl (C=O) groups is 2. The zero-order chi connectivity index (χ0) is 14.4. The molecule has 0 heterocycles. The SMILES string of the molecule is CCCC[C@H](N)C(=O)Nc1ccc(C(=O)O)c(C)c1. The third-order valence-corrected chi connectivity index (χ3v) is 2.93. The number of hydrogen-bond acceptors (Lipinski definition) is 3. The summed E-state index contributed by atoms with van der Waals surface area (Å²) in [7, 11) is 0. The molecule has 0 unspecified atom stereocenters. The van der Waals surface area contributed by atoms with E-state index in [0.29, 0.717) is 17.7 Å². The maximum atomic E-state index is 11.8. The monoisotopic (exact) mass is 264 g/mol. The molecule has 1 amide bonds. The number of amides is 1. The van der Waals surface area contributed by atoms with Crippen molar-refractivity contribution in [2.24, 2.45) is 5.73 Å². The van der Waals surface area contributed by atoms with Gasteiger partial charge in [-0.3, -0.25) is 4.79 Å². The molecule has 5 heteroatoms. The van der Waals surface area contributed by atoms with Crippen LogP contribution in [0, 0.1) is 6.92 Å². The minimum Gasteiger partial charge on any atom is -0.478 e. The quantitative estimate of drug-likeness (QED) is 0.734. The standard InChI is InChI=1S/C14H20N2O3/c1-3-4-5-12(15)13(17)16-10-6-7-11(14(18)19)9(2)8-10/h6-8,12H,3-5,15H2,1-2H3,(H,16,17)(H,18,19)/t12-/m0/s1. The van der Waals surface area contributed by atoms with Gasteiger partial charge < -0.3 is 16.2 Å². The third-order valence-electron chi connectivity index (χ3n) is 2.93. The largest absolute Gasteiger partial charge is 0.478 e. The van der Waals surface area contributed by atoms with Crippen LogP contribution >= 0.6 is 0 Å². The van der Waals surface area contributed by atoms with Gasteiger partial charge in [-0.2, -0.15) is 0 Å². The Morgan fingerprint density at radius 1 is 1.42 bits per heavy atom. The summed E-state index contributed by atoms with van der Waals surface area (Å²) >= 11 is 0. The normalized spacial score (nSPS) is 11.9. The molecule has 0 aromatic heterocycles. The van der Waals surface area contributed by atoms with Gasteiger partial charge in [0, 0.05) is 5.69 Å². The number of hydrogen-bond donors (Lipinski definition) is 3. The highest BCUT2D eigenvalue weighted by Crippen LogP contribution is 2.15. The lowest BCUT2D eigenvalue weighted by molar-refractivity contribution is -0.117. The first kappa shape index (κ1) is 15.2. The van der Waals surface area contributed by atoms with Gasteiger partial charge in [-0.25, -0.2) is 4.79 Å². The summed E-state index contributed by atoms with van der Waals surface area (Å²) in [6, 6.07) is 4.15. The third kappa shape index (κ3) is 4.37. The van der Waals surface area contributed by atoms with Gasteiger partial charge in [-0.05, 0) is 37.1 Å². The van der Waals surface area contributed by atoms with E-state index in [-0.39, 0.29) is 11.5 Å². The Labute approximate surface area is 112 Å². The molecule has 0 aliphatic carbocycles. The van der Waals surface area contributed by atoms with Crippen LogP contribution in [0.4, 0.5) is 5.69 Å². The summed E-state index contributed by atoms with van der Waals surface area (Å²) in [6.45, 7) is 3.73. The highest BCUT2D eigenvalue weighted by Gasteiger charge is 2.14. The van der Waals surface area contributed by atoms with Crippen LogP contribution in [0.1, 0.15) is 42.1 Å². The van der Waals surface area contributed by atoms with Crippen LogP contribution in [0.2, 0.25) is 0 Å². The Morgan fingerprint density at radius 3 is 2.63 bits per heavy atom. The van der Waals surface area contributed by atoms with E-state index < -0.39 is 12.0 Å². The number of rotatable bonds is 6. The van der Waals surface area contributed by atoms with Crippen LogP contribution in [0.3, 0.4) is 0 Å². The molecule has 104 valence electrons. The lowest BCUT2D eigenvalue weighted by Gasteiger charge is -2.12. The van der Waals surface area contributed by atoms with Gasteiger partial charge in [-0.1, -0.05) is 19.8 Å². The smallest absolute Gasteiger partial charge is 0.335 e. The first-order valence-corrected chi connectivity index (χ1v) is 6.36. The van der Waals surface area contributed by atoms with Crippen molar-refractivity contribution in [1.82, 2.24) is 0 Å². The molecule has 0 aliphatic rings. The van der Waals surface area contributed by atoms with Gasteiger partial charge in [0.2, 0.25) is 5.91 Å². The van der Waals surface area contributed by atoms with Crippen LogP contribution in [-0.2, 0) is 4.79 Å². The maximum Gasteiger partial charge on any atom is 0.335 e. The number of anilines is 1. The average molecular weight is 264 g/mol. The van der Waals surface area contributed by atoms with Crippen molar-refractivity contribution in [2.45, 2.75) is 39.2 Å². The van der Waals surface area contributed by atoms with Crippen molar-refractivity contribution in [2.75, 3.05) is 5.32 Å². The molecular formula is C14H20N2O3. The maximum absolute atomic E-state index is 11.8. The van der Waals surface area contributed by atoms with Crippen molar-refractivity contribution in [3.05, 3.63) is 29.3 Å². The predicted octanol–water partition coefficient (Wildman–Crippen LogP) is 2.15. The molecule has 0 radical (unpaired) electrons. The van der Waals surface area contributed by atoms with Crippen LogP contribution in [0.25, 0.3) is 0 Å². The van der Waals surface area contributed by atoms with Crippen LogP contribution < -0.4 is 11.1 Å². The number of carboxylic acid groups (broad SMARTS) is 1. The molecule has 19 heavy (non-hydrogen) atoms. The van der Waals surface area contributed by atoms with Crippen LogP contribution in [0.5, 0.6) is 0 Å². The topological polar surface area (TPSA) is 92.4 Å². The molecular weight excluding hydrogens is 244 g/mol. The fraction of sp³-hybridized carbons (Fsp3) is 0.429. The van der Waals surface area contributed by atoms with Crippen LogP contribution in [0.15, 0.2) is 18.2 Å². The lowest BCUT2D eigenvalue weighted by atomic mass is 10.1. The van der Waals surface area contributed by atoms with Gasteiger partial charge in [0.1, 0.15) is 0 Å². The van der Waals surface area contributed by atoms with Gasteiger partial charge in [0.05, 0.1) is 11.6 Å². The van der Waals surface area contributed by atoms with E-state index in [0.717, 1.165) is 12.8 Å². The molecule has 0 saturated heterocycles. The second kappa shape index (κ2) is 6.89. The molecule has 0 bridgehead atoms. The van der Waals surface area contributed by atoms with Crippen molar-refractivity contribution in [3.8, 4) is 0 Å². The van der Waals surface area contributed by atoms with E-state index in [9.17, 15) is 9.59 Å². The number of unbranched alkanes of at least 4 members (excludes halogenated alkanes) is 1. The second-order valence-electron chi connectivity index (χ2n) is 4.57. The van der Waals surface area contributed by atoms with Crippen molar-refractivity contribution >= 4 is 17.6 Å². The fourth-order valence-corrected chi connectivity index (χ4v) is 1.77. The first-order chi connectivity index (χ1) is 8.95. The Balaban J connectivity index is 2.70. The van der Waals surface area contributed by atoms with E-state index in [4.69, 9.17) is 10.8 Å². The number of nitrogens with one attached hydrogen (secondary N) is 1. The molecule has 0 aliphatic heterocycles. The molecule has 1 atom stereocenters. The Kier molecular flexibility index (Phi) is 5.51. The van der Waals surface area contributed by atoms with E-state index >= 15 is 0 Å². The zero-order valence-corrected chi connectivity index (χ0v) is 11.3. The Bertz CT molecular complexity index is 472. The summed E-state index contributed by atoms with van der Waals surface area (Å²) < 4.78 is 0. The number of nitrogens with two attached hydrogens (primary N) is 1. The molecule has 1 aromatic rings. The molecule has 1 rings (SSSR count). The molecule has 0 saturated carbocycles. The minimum atomic E-state index is -0.977. The Hall–Kier alpha value is -1.88. The fourth-order valence-electron chi connectivity index (χ4n) is 1.77. The average Bonchev–Trinajstić information content (AvgIpc) is 2.35. The van der Waals surface area contributed by atoms with Crippen molar-refractivity contribution in [1.29, 1.82) is 0 Å². The molecule has 0 fully saturated rings. The van der Waals surface area contributed by atoms with Crippen molar-refractivity contribution < 1.29 is 14.7 Å². The predicted molar refractivity (Wildman–Crippen MR) is 74.3 cm³/mol. The molecule has 1 aromatic carbocycles. The van der Waals surface area contributed by atoms with Gasteiger partial charge in [-0.15, -0.1) is 0 Å². The Morgan fingerprint density at radius 2 is 2.11 bits per heavy atom. The van der Waals surface area contributed by atoms with Gasteiger partial charge >= 0.3 is 5.97 Å². The summed E-state index contributed by atoms with van der Waals surface area (Å²) in [5, 5.41) is 11.6. The van der Waals surface area contributed by atoms with Crippen LogP contribution in [-0.4, -0.2) is 23.0 Å². The van der Waals surface area contributed by atoms with Gasteiger partial charge in [0.15, 0.2) is 0 Å². The zero-order valence-electron chi connectivity index (χ0n) is 11.3. The van der Waals surface area contributed by atoms with E-state index in [1.807, 2.05) is 6.92 Å². The number of benzene rings is 1.